The van der Waals surface area contributed by atoms with E-state index in [1.807, 2.05) is 0 Å². The zero-order chi connectivity index (χ0) is 23.5. The number of hydrogen-bond donors (Lipinski definition) is 1. The van der Waals surface area contributed by atoms with Crippen molar-refractivity contribution in [3.63, 3.8) is 0 Å². The Labute approximate surface area is 180 Å². The zero-order valence-electron chi connectivity index (χ0n) is 16.5. The molecule has 0 atom stereocenters. The molecule has 0 unspecified atom stereocenters. The first kappa shape index (κ1) is 23.9. The molecule has 32 heavy (non-hydrogen) atoms. The summed E-state index contributed by atoms with van der Waals surface area (Å²) in [5.41, 5.74) is -0.733. The third-order valence-electron chi connectivity index (χ3n) is 4.89. The molecular weight excluding hydrogens is 459 g/mol. The Kier molecular flexibility index (Phi) is 7.03. The number of morpholine rings is 1. The van der Waals surface area contributed by atoms with E-state index in [-0.39, 0.29) is 11.1 Å². The summed E-state index contributed by atoms with van der Waals surface area (Å²) in [6, 6.07) is 7.55. The molecule has 1 aliphatic rings. The van der Waals surface area contributed by atoms with Gasteiger partial charge in [-0.15, -0.1) is 0 Å². The molecule has 0 bridgehead atoms. The molecule has 1 heterocycles. The van der Waals surface area contributed by atoms with Gasteiger partial charge >= 0.3 is 11.9 Å². The van der Waals surface area contributed by atoms with Crippen molar-refractivity contribution in [3.05, 3.63) is 59.2 Å². The van der Waals surface area contributed by atoms with E-state index in [2.05, 4.69) is 5.32 Å². The summed E-state index contributed by atoms with van der Waals surface area (Å²) < 4.78 is 94.0. The van der Waals surface area contributed by atoms with Crippen LogP contribution in [0.1, 0.15) is 21.5 Å². The van der Waals surface area contributed by atoms with Crippen LogP contribution in [0.5, 0.6) is 0 Å². The molecule has 12 heteroatoms. The molecular formula is C20H19F5N2O4S. The number of nitrogens with zero attached hydrogens (tertiary/aromatic N) is 1. The first-order valence-electron chi connectivity index (χ1n) is 9.43. The van der Waals surface area contributed by atoms with Crippen LogP contribution in [0, 0.1) is 0 Å². The topological polar surface area (TPSA) is 75.7 Å². The highest BCUT2D eigenvalue weighted by Crippen LogP contribution is 2.35. The number of ether oxygens (including phenoxy) is 1. The standard InChI is InChI=1S/C20H19F5N2O4S/c21-19(22)32(29,30)16-5-2-13(3-6-16)18(28)26-12-14-1-4-15(11-17(14)20(23,24)25)27-7-9-31-10-8-27/h1-6,11,19H,7-10,12H2,(H,26,28). The van der Waals surface area contributed by atoms with Crippen molar-refractivity contribution < 1.29 is 39.9 Å². The Hall–Kier alpha value is -2.73. The molecule has 174 valence electrons. The Morgan fingerprint density at radius 3 is 2.25 bits per heavy atom. The van der Waals surface area contributed by atoms with E-state index in [0.717, 1.165) is 30.3 Å². The first-order chi connectivity index (χ1) is 15.0. The predicted molar refractivity (Wildman–Crippen MR) is 105 cm³/mol. The molecule has 1 amide bonds. The van der Waals surface area contributed by atoms with Gasteiger partial charge in [0.15, 0.2) is 0 Å². The summed E-state index contributed by atoms with van der Waals surface area (Å²) >= 11 is 0. The number of benzene rings is 2. The molecule has 0 spiro atoms. The van der Waals surface area contributed by atoms with Gasteiger partial charge in [-0.3, -0.25) is 4.79 Å². The maximum atomic E-state index is 13.6. The van der Waals surface area contributed by atoms with E-state index in [1.54, 1.807) is 4.90 Å². The molecule has 1 N–H and O–H groups in total. The summed E-state index contributed by atoms with van der Waals surface area (Å²) in [4.78, 5) is 13.4. The molecule has 0 saturated carbocycles. The fourth-order valence-electron chi connectivity index (χ4n) is 3.18. The molecule has 6 nitrogen and oxygen atoms in total. The molecule has 1 fully saturated rings. The van der Waals surface area contributed by atoms with Crippen molar-refractivity contribution in [1.82, 2.24) is 5.32 Å². The number of rotatable bonds is 6. The number of anilines is 1. The van der Waals surface area contributed by atoms with E-state index in [0.29, 0.717) is 32.0 Å². The van der Waals surface area contributed by atoms with Crippen molar-refractivity contribution in [2.45, 2.75) is 23.4 Å². The normalized spacial score (nSPS) is 15.1. The van der Waals surface area contributed by atoms with E-state index in [9.17, 15) is 35.2 Å². The highest BCUT2D eigenvalue weighted by atomic mass is 32.2. The SMILES string of the molecule is O=C(NCc1ccc(N2CCOCC2)cc1C(F)(F)F)c1ccc(S(=O)(=O)C(F)F)cc1. The average Bonchev–Trinajstić information content (AvgIpc) is 2.77. The van der Waals surface area contributed by atoms with Gasteiger partial charge in [0.05, 0.1) is 23.7 Å². The minimum Gasteiger partial charge on any atom is -0.378 e. The van der Waals surface area contributed by atoms with Crippen LogP contribution in [0.15, 0.2) is 47.4 Å². The summed E-state index contributed by atoms with van der Waals surface area (Å²) in [5, 5.41) is 2.34. The molecule has 2 aromatic rings. The first-order valence-corrected chi connectivity index (χ1v) is 11.0. The van der Waals surface area contributed by atoms with Crippen LogP contribution in [0.4, 0.5) is 27.6 Å². The third-order valence-corrected chi connectivity index (χ3v) is 6.29. The lowest BCUT2D eigenvalue weighted by atomic mass is 10.0. The lowest BCUT2D eigenvalue weighted by molar-refractivity contribution is -0.138. The van der Waals surface area contributed by atoms with Crippen molar-refractivity contribution in [1.29, 1.82) is 0 Å². The van der Waals surface area contributed by atoms with E-state index in [1.165, 1.54) is 12.1 Å². The zero-order valence-corrected chi connectivity index (χ0v) is 17.3. The monoisotopic (exact) mass is 478 g/mol. The maximum absolute atomic E-state index is 13.6. The summed E-state index contributed by atoms with van der Waals surface area (Å²) in [6.07, 6.45) is -4.65. The molecule has 2 aromatic carbocycles. The van der Waals surface area contributed by atoms with Gasteiger partial charge in [-0.05, 0) is 42.0 Å². The lowest BCUT2D eigenvalue weighted by Gasteiger charge is -2.29. The van der Waals surface area contributed by atoms with Gasteiger partial charge < -0.3 is 15.0 Å². The third kappa shape index (κ3) is 5.36. The van der Waals surface area contributed by atoms with Crippen LogP contribution in [0.2, 0.25) is 0 Å². The van der Waals surface area contributed by atoms with Crippen molar-refractivity contribution in [3.8, 4) is 0 Å². The van der Waals surface area contributed by atoms with Gasteiger partial charge in [0.25, 0.3) is 5.91 Å². The second-order valence-electron chi connectivity index (χ2n) is 6.95. The van der Waals surface area contributed by atoms with Gasteiger partial charge in [-0.25, -0.2) is 8.42 Å². The fourth-order valence-corrected chi connectivity index (χ4v) is 3.90. The number of amides is 1. The molecule has 0 aromatic heterocycles. The number of nitrogens with one attached hydrogen (secondary N) is 1. The van der Waals surface area contributed by atoms with Crippen molar-refractivity contribution >= 4 is 21.4 Å². The van der Waals surface area contributed by atoms with Gasteiger partial charge in [0, 0.05) is 30.9 Å². The Morgan fingerprint density at radius 2 is 1.69 bits per heavy atom. The molecule has 1 saturated heterocycles. The van der Waals surface area contributed by atoms with Crippen LogP contribution in [0.3, 0.4) is 0 Å². The summed E-state index contributed by atoms with van der Waals surface area (Å²) in [7, 11) is -4.81. The molecule has 0 radical (unpaired) electrons. The van der Waals surface area contributed by atoms with E-state index < -0.39 is 44.7 Å². The number of sulfone groups is 1. The second kappa shape index (κ2) is 9.41. The summed E-state index contributed by atoms with van der Waals surface area (Å²) in [5.74, 6) is -4.39. The number of carbonyl (C=O) groups excluding carboxylic acids is 1. The highest BCUT2D eigenvalue weighted by molar-refractivity contribution is 7.91. The van der Waals surface area contributed by atoms with Gasteiger partial charge in [0.2, 0.25) is 9.84 Å². The molecule has 1 aliphatic heterocycles. The van der Waals surface area contributed by atoms with Crippen LogP contribution >= 0.6 is 0 Å². The molecule has 0 aliphatic carbocycles. The van der Waals surface area contributed by atoms with Gasteiger partial charge in [-0.1, -0.05) is 6.07 Å². The average molecular weight is 478 g/mol. The largest absolute Gasteiger partial charge is 0.416 e. The van der Waals surface area contributed by atoms with Crippen LogP contribution in [-0.4, -0.2) is 46.4 Å². The smallest absolute Gasteiger partial charge is 0.378 e. The van der Waals surface area contributed by atoms with E-state index in [4.69, 9.17) is 4.74 Å². The van der Waals surface area contributed by atoms with Gasteiger partial charge in [0.1, 0.15) is 0 Å². The minimum atomic E-state index is -4.81. The Bertz CT molecular complexity index is 1070. The predicted octanol–water partition coefficient (Wildman–Crippen LogP) is 3.47. The maximum Gasteiger partial charge on any atom is 0.416 e. The van der Waals surface area contributed by atoms with Crippen molar-refractivity contribution in [2.24, 2.45) is 0 Å². The molecule has 3 rings (SSSR count). The number of halogens is 5. The van der Waals surface area contributed by atoms with E-state index >= 15 is 0 Å². The Balaban J connectivity index is 1.75. The Morgan fingerprint density at radius 1 is 1.06 bits per heavy atom. The van der Waals surface area contributed by atoms with Crippen LogP contribution in [0.25, 0.3) is 0 Å². The number of carbonyl (C=O) groups is 1. The van der Waals surface area contributed by atoms with Crippen LogP contribution < -0.4 is 10.2 Å². The lowest BCUT2D eigenvalue weighted by Crippen LogP contribution is -2.36. The fraction of sp³-hybridized carbons (Fsp3) is 0.350. The number of alkyl halides is 5. The van der Waals surface area contributed by atoms with Crippen LogP contribution in [-0.2, 0) is 27.3 Å². The van der Waals surface area contributed by atoms with Gasteiger partial charge in [-0.2, -0.15) is 22.0 Å². The quantitative estimate of drug-likeness (QED) is 0.644. The van der Waals surface area contributed by atoms with Crippen molar-refractivity contribution in [2.75, 3.05) is 31.2 Å². The number of hydrogen-bond acceptors (Lipinski definition) is 5. The summed E-state index contributed by atoms with van der Waals surface area (Å²) in [6.45, 7) is 1.32. The second-order valence-corrected chi connectivity index (χ2v) is 8.87. The minimum absolute atomic E-state index is 0.0864. The highest BCUT2D eigenvalue weighted by Gasteiger charge is 2.34.